The first-order valence-electron chi connectivity index (χ1n) is 18.8. The topological polar surface area (TPSA) is 95.9 Å². The molecule has 0 amide bonds. The van der Waals surface area contributed by atoms with Crippen molar-refractivity contribution in [3.63, 3.8) is 0 Å². The number of rotatable bonds is 0. The second kappa shape index (κ2) is 12.2. The van der Waals surface area contributed by atoms with E-state index in [2.05, 4.69) is 86.6 Å². The average molecular weight is 806 g/mol. The van der Waals surface area contributed by atoms with Crippen molar-refractivity contribution in [1.82, 2.24) is 0 Å². The highest BCUT2D eigenvalue weighted by molar-refractivity contribution is 7.99. The molecular weight excluding hydrogens is 771 g/mol. The summed E-state index contributed by atoms with van der Waals surface area (Å²) in [5.74, 6) is 2.31. The molecule has 12 heteroatoms. The second-order valence-corrected chi connectivity index (χ2v) is 21.8. The Kier molecular flexibility index (Phi) is 7.29. The van der Waals surface area contributed by atoms with Gasteiger partial charge in [-0.2, -0.15) is 4.86 Å². The number of nitrogens with zero attached hydrogens (tertiary/aromatic N) is 3. The fourth-order valence-electron chi connectivity index (χ4n) is 8.22. The summed E-state index contributed by atoms with van der Waals surface area (Å²) in [6.45, 7) is 4.88. The monoisotopic (exact) mass is 805 g/mol. The summed E-state index contributed by atoms with van der Waals surface area (Å²) in [5.41, 5.74) is 3.30. The van der Waals surface area contributed by atoms with Crippen LogP contribution < -0.4 is 18.1 Å². The molecular formula is C45H34N3O6P3. The lowest BCUT2D eigenvalue weighted by atomic mass is 9.92. The SMILES string of the molecule is CC1(C)CO[P+]2([N-]P3(=N[P+]4([N-]2)Oc2ccc5ccccc5c2-c2c(ccc5ccccc25)O4)Oc2ccc4ccccc4c2-c2c(ccc4ccccc24)O3)OC1. The molecule has 0 unspecified atom stereocenters. The van der Waals surface area contributed by atoms with Crippen molar-refractivity contribution in [1.29, 1.82) is 0 Å². The summed E-state index contributed by atoms with van der Waals surface area (Å²) in [5, 5.41) is 8.33. The molecule has 8 aromatic carbocycles. The van der Waals surface area contributed by atoms with Crippen LogP contribution in [0.2, 0.25) is 0 Å². The first kappa shape index (κ1) is 34.0. The largest absolute Gasteiger partial charge is 0.454 e. The zero-order chi connectivity index (χ0) is 38.0. The predicted molar refractivity (Wildman–Crippen MR) is 232 cm³/mol. The van der Waals surface area contributed by atoms with Crippen molar-refractivity contribution in [3.8, 4) is 45.3 Å². The molecule has 0 saturated carbocycles. The van der Waals surface area contributed by atoms with Gasteiger partial charge in [-0.15, -0.1) is 0 Å². The lowest BCUT2D eigenvalue weighted by Gasteiger charge is -2.52. The molecule has 0 atom stereocenters. The van der Waals surface area contributed by atoms with Gasteiger partial charge in [-0.25, -0.2) is 9.05 Å². The number of hydrogen-bond acceptors (Lipinski definition) is 7. The summed E-state index contributed by atoms with van der Waals surface area (Å²) in [6, 6.07) is 49.4. The fraction of sp³-hybridized carbons (Fsp3) is 0.111. The third kappa shape index (κ3) is 5.35. The van der Waals surface area contributed by atoms with Crippen LogP contribution in [0.15, 0.2) is 150 Å². The van der Waals surface area contributed by atoms with E-state index in [4.69, 9.17) is 41.4 Å². The highest BCUT2D eigenvalue weighted by Gasteiger charge is 2.59. The molecule has 1 saturated heterocycles. The molecule has 280 valence electrons. The van der Waals surface area contributed by atoms with Gasteiger partial charge in [0.15, 0.2) is 19.5 Å². The summed E-state index contributed by atoms with van der Waals surface area (Å²) >= 11 is 0. The Morgan fingerprint density at radius 3 is 1.28 bits per heavy atom. The van der Waals surface area contributed by atoms with E-state index >= 15 is 0 Å². The van der Waals surface area contributed by atoms with Gasteiger partial charge in [0, 0.05) is 27.7 Å². The van der Waals surface area contributed by atoms with E-state index in [9.17, 15) is 0 Å². The molecule has 0 radical (unpaired) electrons. The number of fused-ring (bicyclic) bond motifs is 14. The van der Waals surface area contributed by atoms with Gasteiger partial charge in [0.1, 0.15) is 11.5 Å². The zero-order valence-electron chi connectivity index (χ0n) is 30.9. The average Bonchev–Trinajstić information content (AvgIpc) is 3.45. The molecule has 9 nitrogen and oxygen atoms in total. The maximum atomic E-state index is 7.22. The van der Waals surface area contributed by atoms with Gasteiger partial charge in [-0.1, -0.05) is 135 Å². The minimum absolute atomic E-state index is 0.285. The van der Waals surface area contributed by atoms with Gasteiger partial charge in [-0.05, 0) is 71.9 Å². The normalized spacial score (nSPS) is 19.2. The maximum absolute atomic E-state index is 7.22. The van der Waals surface area contributed by atoms with Crippen LogP contribution in [0, 0.1) is 5.41 Å². The fourth-order valence-corrected chi connectivity index (χ4v) is 17.9. The van der Waals surface area contributed by atoms with Crippen LogP contribution >= 0.6 is 23.7 Å². The Morgan fingerprint density at radius 1 is 0.491 bits per heavy atom. The quantitative estimate of drug-likeness (QED) is 0.142. The van der Waals surface area contributed by atoms with E-state index in [0.717, 1.165) is 65.3 Å². The van der Waals surface area contributed by atoms with Gasteiger partial charge in [0.25, 0.3) is 0 Å². The molecule has 4 aliphatic heterocycles. The van der Waals surface area contributed by atoms with Crippen LogP contribution in [0.25, 0.3) is 75.1 Å². The second-order valence-electron chi connectivity index (χ2n) is 15.5. The summed E-state index contributed by atoms with van der Waals surface area (Å²) in [4.78, 5) is 10.6. The Hall–Kier alpha value is -5.07. The summed E-state index contributed by atoms with van der Waals surface area (Å²) in [6.07, 6.45) is 0. The van der Waals surface area contributed by atoms with Crippen molar-refractivity contribution in [2.45, 2.75) is 13.8 Å². The Labute approximate surface area is 330 Å². The Balaban J connectivity index is 1.16. The van der Waals surface area contributed by atoms with Crippen molar-refractivity contribution >= 4 is 66.8 Å². The van der Waals surface area contributed by atoms with E-state index in [1.807, 2.05) is 72.8 Å². The predicted octanol–water partition coefficient (Wildman–Crippen LogP) is 15.0. The third-order valence-corrected chi connectivity index (χ3v) is 19.0. The molecule has 57 heavy (non-hydrogen) atoms. The van der Waals surface area contributed by atoms with Crippen LogP contribution in [-0.4, -0.2) is 13.2 Å². The van der Waals surface area contributed by atoms with Gasteiger partial charge in [0.2, 0.25) is 0 Å². The van der Waals surface area contributed by atoms with Crippen LogP contribution in [0.4, 0.5) is 0 Å². The number of hydrogen-bond donors (Lipinski definition) is 0. The molecule has 1 fully saturated rings. The molecule has 0 N–H and O–H groups in total. The zero-order valence-corrected chi connectivity index (χ0v) is 33.6. The minimum Gasteiger partial charge on any atom is -0.438 e. The molecule has 3 spiro atoms. The van der Waals surface area contributed by atoms with Gasteiger partial charge in [0.05, 0.1) is 13.2 Å². The maximum Gasteiger partial charge on any atom is 0.454 e. The van der Waals surface area contributed by atoms with E-state index in [1.54, 1.807) is 0 Å². The molecule has 0 aliphatic carbocycles. The van der Waals surface area contributed by atoms with Crippen molar-refractivity contribution in [2.24, 2.45) is 9.93 Å². The number of benzene rings is 8. The standard InChI is InChI=1S/C45H34N3O6P3/c1-45(2)27-49-55(50-28-45)46-56(51-37-23-19-29-11-3-7-15-33(29)41(37)42-34-16-8-4-12-30(34)20-24-38(42)52-56)48-57(47-55)53-39-25-21-31-13-5-9-17-35(31)43(39)44-36-18-10-6-14-32(36)22-26-40(44)54-57/h3-26H,27-28H2,1-2H3. The minimum atomic E-state index is -3.84. The molecule has 0 bridgehead atoms. The van der Waals surface area contributed by atoms with Crippen molar-refractivity contribution in [3.05, 3.63) is 155 Å². The highest BCUT2D eigenvalue weighted by Crippen LogP contribution is 2.98. The van der Waals surface area contributed by atoms with E-state index < -0.39 is 23.7 Å². The lowest BCUT2D eigenvalue weighted by Crippen LogP contribution is -2.32. The van der Waals surface area contributed by atoms with Gasteiger partial charge in [-0.3, -0.25) is 9.05 Å². The van der Waals surface area contributed by atoms with E-state index in [0.29, 0.717) is 36.2 Å². The molecule has 4 heterocycles. The van der Waals surface area contributed by atoms with E-state index in [-0.39, 0.29) is 5.41 Å². The van der Waals surface area contributed by atoms with Gasteiger partial charge < -0.3 is 13.9 Å². The van der Waals surface area contributed by atoms with Crippen molar-refractivity contribution in [2.75, 3.05) is 13.2 Å². The van der Waals surface area contributed by atoms with Crippen LogP contribution in [0.1, 0.15) is 13.8 Å². The molecule has 12 rings (SSSR count). The lowest BCUT2D eigenvalue weighted by molar-refractivity contribution is 0.0570. The first-order valence-corrected chi connectivity index (χ1v) is 23.4. The van der Waals surface area contributed by atoms with Crippen molar-refractivity contribution < 1.29 is 27.1 Å². The van der Waals surface area contributed by atoms with Crippen LogP contribution in [-0.2, 0) is 9.05 Å². The van der Waals surface area contributed by atoms with Gasteiger partial charge >= 0.3 is 15.7 Å². The highest BCUT2D eigenvalue weighted by atomic mass is 31.3. The van der Waals surface area contributed by atoms with Crippen LogP contribution in [0.5, 0.6) is 23.0 Å². The van der Waals surface area contributed by atoms with E-state index in [1.165, 1.54) is 0 Å². The van der Waals surface area contributed by atoms with Crippen LogP contribution in [0.3, 0.4) is 0 Å². The first-order chi connectivity index (χ1) is 27.8. The summed E-state index contributed by atoms with van der Waals surface area (Å²) in [7, 11) is -11.2. The smallest absolute Gasteiger partial charge is 0.438 e. The third-order valence-electron chi connectivity index (χ3n) is 10.9. The molecule has 8 aromatic rings. The Morgan fingerprint density at radius 2 is 0.860 bits per heavy atom. The summed E-state index contributed by atoms with van der Waals surface area (Å²) < 4.78 is 47.8. The molecule has 4 aliphatic rings. The molecule has 0 aromatic heterocycles. The Bertz CT molecular complexity index is 2890.